The van der Waals surface area contributed by atoms with Crippen molar-refractivity contribution in [3.63, 3.8) is 0 Å². The van der Waals surface area contributed by atoms with E-state index in [1.165, 1.54) is 12.1 Å². The lowest BCUT2D eigenvalue weighted by Gasteiger charge is -2.10. The average Bonchev–Trinajstić information content (AvgIpc) is 2.42. The number of carbonyl (C=O) groups excluding carboxylic acids is 1. The molecule has 0 atom stereocenters. The molecule has 2 aromatic rings. The van der Waals surface area contributed by atoms with Crippen molar-refractivity contribution in [3.05, 3.63) is 51.3 Å². The smallest absolute Gasteiger partial charge is 0.259 e. The Morgan fingerprint density at radius 3 is 2.85 bits per heavy atom. The van der Waals surface area contributed by atoms with Gasteiger partial charge in [-0.05, 0) is 40.2 Å². The number of amides is 1. The van der Waals surface area contributed by atoms with Gasteiger partial charge >= 0.3 is 0 Å². The van der Waals surface area contributed by atoms with Crippen LogP contribution < -0.4 is 10.6 Å². The van der Waals surface area contributed by atoms with Crippen molar-refractivity contribution in [2.24, 2.45) is 0 Å². The van der Waals surface area contributed by atoms with Gasteiger partial charge < -0.3 is 10.6 Å². The average molecular weight is 359 g/mol. The SMILES string of the molecule is CNc1ncc(Br)cc1C(=O)Nc1cc(F)ccc1Cl. The van der Waals surface area contributed by atoms with Crippen LogP contribution in [0.5, 0.6) is 0 Å². The third-order valence-corrected chi connectivity index (χ3v) is 3.28. The van der Waals surface area contributed by atoms with E-state index in [1.807, 2.05) is 0 Å². The third kappa shape index (κ3) is 3.26. The highest BCUT2D eigenvalue weighted by atomic mass is 79.9. The van der Waals surface area contributed by atoms with E-state index in [2.05, 4.69) is 31.5 Å². The van der Waals surface area contributed by atoms with E-state index in [4.69, 9.17) is 11.6 Å². The second-order valence-corrected chi connectivity index (χ2v) is 5.20. The quantitative estimate of drug-likeness (QED) is 0.874. The van der Waals surface area contributed by atoms with Gasteiger partial charge in [0.2, 0.25) is 0 Å². The number of anilines is 2. The molecule has 4 nitrogen and oxygen atoms in total. The fourth-order valence-electron chi connectivity index (χ4n) is 1.59. The molecule has 1 aromatic carbocycles. The number of rotatable bonds is 3. The predicted octanol–water partition coefficient (Wildman–Crippen LogP) is 3.93. The molecule has 2 N–H and O–H groups in total. The van der Waals surface area contributed by atoms with Crippen molar-refractivity contribution in [1.29, 1.82) is 0 Å². The number of pyridine rings is 1. The second kappa shape index (κ2) is 6.19. The second-order valence-electron chi connectivity index (χ2n) is 3.88. The highest BCUT2D eigenvalue weighted by molar-refractivity contribution is 9.10. The first-order valence-corrected chi connectivity index (χ1v) is 6.78. The fraction of sp³-hybridized carbons (Fsp3) is 0.0769. The minimum atomic E-state index is -0.481. The van der Waals surface area contributed by atoms with E-state index in [9.17, 15) is 9.18 Å². The Labute approximate surface area is 128 Å². The zero-order chi connectivity index (χ0) is 14.7. The van der Waals surface area contributed by atoms with Gasteiger partial charge in [-0.1, -0.05) is 11.6 Å². The molecule has 20 heavy (non-hydrogen) atoms. The fourth-order valence-corrected chi connectivity index (χ4v) is 2.09. The van der Waals surface area contributed by atoms with E-state index in [0.717, 1.165) is 6.07 Å². The predicted molar refractivity (Wildman–Crippen MR) is 80.8 cm³/mol. The normalized spacial score (nSPS) is 10.2. The molecule has 0 fully saturated rings. The van der Waals surface area contributed by atoms with Gasteiger partial charge in [0.15, 0.2) is 0 Å². The highest BCUT2D eigenvalue weighted by Crippen LogP contribution is 2.24. The number of benzene rings is 1. The van der Waals surface area contributed by atoms with Gasteiger partial charge in [-0.25, -0.2) is 9.37 Å². The summed E-state index contributed by atoms with van der Waals surface area (Å²) >= 11 is 9.16. The van der Waals surface area contributed by atoms with E-state index in [0.29, 0.717) is 15.9 Å². The van der Waals surface area contributed by atoms with Gasteiger partial charge in [0.05, 0.1) is 16.3 Å². The van der Waals surface area contributed by atoms with Crippen LogP contribution in [0.3, 0.4) is 0 Å². The molecular formula is C13H10BrClFN3O. The number of halogens is 3. The standard InChI is InChI=1S/C13H10BrClFN3O/c1-17-12-9(4-7(14)6-18-12)13(20)19-11-5-8(16)2-3-10(11)15/h2-6H,1H3,(H,17,18)(H,19,20). The van der Waals surface area contributed by atoms with Gasteiger partial charge in [-0.3, -0.25) is 4.79 Å². The maximum absolute atomic E-state index is 13.2. The van der Waals surface area contributed by atoms with Crippen LogP contribution in [0.4, 0.5) is 15.9 Å². The van der Waals surface area contributed by atoms with Gasteiger partial charge in [-0.15, -0.1) is 0 Å². The molecule has 0 unspecified atom stereocenters. The molecule has 0 saturated carbocycles. The summed E-state index contributed by atoms with van der Waals surface area (Å²) in [6.07, 6.45) is 1.57. The lowest BCUT2D eigenvalue weighted by molar-refractivity contribution is 0.102. The molecule has 0 radical (unpaired) electrons. The molecule has 0 aliphatic heterocycles. The van der Waals surface area contributed by atoms with E-state index in [-0.39, 0.29) is 10.7 Å². The van der Waals surface area contributed by atoms with Crippen molar-refractivity contribution in [1.82, 2.24) is 4.98 Å². The molecule has 1 amide bonds. The van der Waals surface area contributed by atoms with Crippen molar-refractivity contribution in [3.8, 4) is 0 Å². The van der Waals surface area contributed by atoms with E-state index >= 15 is 0 Å². The Morgan fingerprint density at radius 1 is 1.40 bits per heavy atom. The first-order valence-electron chi connectivity index (χ1n) is 5.61. The summed E-state index contributed by atoms with van der Waals surface area (Å²) in [6.45, 7) is 0. The van der Waals surface area contributed by atoms with Crippen molar-refractivity contribution in [2.75, 3.05) is 17.7 Å². The first kappa shape index (κ1) is 14.7. The minimum absolute atomic E-state index is 0.207. The van der Waals surface area contributed by atoms with E-state index in [1.54, 1.807) is 19.3 Å². The Bertz CT molecular complexity index is 666. The van der Waals surface area contributed by atoms with Crippen molar-refractivity contribution >= 4 is 44.9 Å². The van der Waals surface area contributed by atoms with Crippen LogP contribution >= 0.6 is 27.5 Å². The van der Waals surface area contributed by atoms with Crippen LogP contribution in [0.25, 0.3) is 0 Å². The van der Waals surface area contributed by atoms with Crippen LogP contribution in [0, 0.1) is 5.82 Å². The summed E-state index contributed by atoms with van der Waals surface area (Å²) in [5.74, 6) is -0.500. The van der Waals surface area contributed by atoms with Gasteiger partial charge in [-0.2, -0.15) is 0 Å². The molecule has 1 heterocycles. The summed E-state index contributed by atoms with van der Waals surface area (Å²) in [5, 5.41) is 5.63. The number of nitrogens with zero attached hydrogens (tertiary/aromatic N) is 1. The van der Waals surface area contributed by atoms with Gasteiger partial charge in [0.25, 0.3) is 5.91 Å². The number of hydrogen-bond donors (Lipinski definition) is 2. The van der Waals surface area contributed by atoms with Crippen LogP contribution in [-0.2, 0) is 0 Å². The Morgan fingerprint density at radius 2 is 2.15 bits per heavy atom. The minimum Gasteiger partial charge on any atom is -0.372 e. The third-order valence-electron chi connectivity index (χ3n) is 2.51. The summed E-state index contributed by atoms with van der Waals surface area (Å²) < 4.78 is 13.8. The summed E-state index contributed by atoms with van der Waals surface area (Å²) in [5.41, 5.74) is 0.529. The lowest BCUT2D eigenvalue weighted by atomic mass is 10.2. The number of aromatic nitrogens is 1. The molecule has 7 heteroatoms. The molecule has 0 bridgehead atoms. The molecule has 0 aliphatic carbocycles. The van der Waals surface area contributed by atoms with Gasteiger partial charge in [0, 0.05) is 17.7 Å². The van der Waals surface area contributed by atoms with Crippen molar-refractivity contribution in [2.45, 2.75) is 0 Å². The maximum atomic E-state index is 13.2. The van der Waals surface area contributed by atoms with Crippen LogP contribution in [0.15, 0.2) is 34.9 Å². The zero-order valence-corrected chi connectivity index (χ0v) is 12.7. The molecule has 0 aliphatic rings. The number of nitrogens with one attached hydrogen (secondary N) is 2. The number of carbonyl (C=O) groups is 1. The number of hydrogen-bond acceptors (Lipinski definition) is 3. The molecule has 0 spiro atoms. The van der Waals surface area contributed by atoms with E-state index < -0.39 is 11.7 Å². The Kier molecular flexibility index (Phi) is 4.57. The summed E-state index contributed by atoms with van der Waals surface area (Å²) in [6, 6.07) is 5.37. The van der Waals surface area contributed by atoms with Crippen LogP contribution in [0.2, 0.25) is 5.02 Å². The largest absolute Gasteiger partial charge is 0.372 e. The molecule has 104 valence electrons. The zero-order valence-electron chi connectivity index (χ0n) is 10.4. The summed E-state index contributed by atoms with van der Waals surface area (Å²) in [4.78, 5) is 16.3. The van der Waals surface area contributed by atoms with Gasteiger partial charge in [0.1, 0.15) is 11.6 Å². The monoisotopic (exact) mass is 357 g/mol. The summed E-state index contributed by atoms with van der Waals surface area (Å²) in [7, 11) is 1.65. The first-order chi connectivity index (χ1) is 9.51. The Hall–Kier alpha value is -1.66. The molecule has 2 rings (SSSR count). The molecule has 0 saturated heterocycles. The molecule has 1 aromatic heterocycles. The Balaban J connectivity index is 2.32. The van der Waals surface area contributed by atoms with Crippen LogP contribution in [0.1, 0.15) is 10.4 Å². The lowest BCUT2D eigenvalue weighted by Crippen LogP contribution is -2.15. The maximum Gasteiger partial charge on any atom is 0.259 e. The highest BCUT2D eigenvalue weighted by Gasteiger charge is 2.14. The van der Waals surface area contributed by atoms with Crippen molar-refractivity contribution < 1.29 is 9.18 Å². The van der Waals surface area contributed by atoms with Crippen LogP contribution in [-0.4, -0.2) is 17.9 Å². The molecular weight excluding hydrogens is 349 g/mol. The topological polar surface area (TPSA) is 54.0 Å².